The van der Waals surface area contributed by atoms with E-state index in [9.17, 15) is 4.79 Å². The summed E-state index contributed by atoms with van der Waals surface area (Å²) in [5.74, 6) is -0.667. The molecule has 2 fully saturated rings. The third kappa shape index (κ3) is 2.64. The SMILES string of the molecule is CC1(C)O[C@H]2[C@H](n3cnc4c(-c5cccc(C=O)c5)ncnc43)O[CH][C@H]2O1. The topological polar surface area (TPSA) is 88.4 Å². The Morgan fingerprint density at radius 2 is 2.07 bits per heavy atom. The molecule has 0 amide bonds. The van der Waals surface area contributed by atoms with Gasteiger partial charge in [0, 0.05) is 11.1 Å². The summed E-state index contributed by atoms with van der Waals surface area (Å²) in [6.07, 6.45) is 3.01. The Bertz CT molecular complexity index is 1030. The minimum atomic E-state index is -0.667. The molecule has 0 unspecified atom stereocenters. The van der Waals surface area contributed by atoms with Gasteiger partial charge < -0.3 is 14.2 Å². The van der Waals surface area contributed by atoms with Crippen molar-refractivity contribution in [1.29, 1.82) is 0 Å². The fraction of sp³-hybridized carbons (Fsp3) is 0.316. The molecule has 3 aromatic rings. The van der Waals surface area contributed by atoms with Gasteiger partial charge in [0.05, 0.1) is 6.33 Å². The Labute approximate surface area is 155 Å². The van der Waals surface area contributed by atoms with E-state index >= 15 is 0 Å². The largest absolute Gasteiger partial charge is 0.346 e. The van der Waals surface area contributed by atoms with Crippen LogP contribution in [0.25, 0.3) is 22.4 Å². The van der Waals surface area contributed by atoms with Crippen LogP contribution in [0.2, 0.25) is 0 Å². The first-order valence-electron chi connectivity index (χ1n) is 8.63. The van der Waals surface area contributed by atoms with Crippen LogP contribution >= 0.6 is 0 Å². The van der Waals surface area contributed by atoms with E-state index in [1.807, 2.05) is 30.5 Å². The molecule has 4 heterocycles. The molecule has 27 heavy (non-hydrogen) atoms. The van der Waals surface area contributed by atoms with E-state index in [1.54, 1.807) is 25.1 Å². The molecule has 137 valence electrons. The quantitative estimate of drug-likeness (QED) is 0.659. The smallest absolute Gasteiger partial charge is 0.166 e. The lowest BCUT2D eigenvalue weighted by Crippen LogP contribution is -2.27. The summed E-state index contributed by atoms with van der Waals surface area (Å²) in [5.41, 5.74) is 3.30. The number of benzene rings is 1. The maximum absolute atomic E-state index is 11.1. The second kappa shape index (κ2) is 5.91. The van der Waals surface area contributed by atoms with E-state index in [0.29, 0.717) is 22.4 Å². The van der Waals surface area contributed by atoms with Crippen molar-refractivity contribution in [3.05, 3.63) is 49.1 Å². The summed E-state index contributed by atoms with van der Waals surface area (Å²) in [7, 11) is 0. The molecular formula is C19H17N4O4. The number of rotatable bonds is 3. The molecular weight excluding hydrogens is 348 g/mol. The predicted octanol–water partition coefficient (Wildman–Crippen LogP) is 2.52. The Morgan fingerprint density at radius 1 is 1.19 bits per heavy atom. The zero-order valence-corrected chi connectivity index (χ0v) is 14.8. The van der Waals surface area contributed by atoms with Gasteiger partial charge in [-0.3, -0.25) is 9.36 Å². The van der Waals surface area contributed by atoms with Gasteiger partial charge in [-0.15, -0.1) is 0 Å². The molecule has 0 saturated carbocycles. The van der Waals surface area contributed by atoms with Gasteiger partial charge in [0.2, 0.25) is 0 Å². The molecule has 2 aromatic heterocycles. The zero-order valence-electron chi connectivity index (χ0n) is 14.8. The number of nitrogens with zero attached hydrogens (tertiary/aromatic N) is 4. The molecule has 0 N–H and O–H groups in total. The van der Waals surface area contributed by atoms with Crippen molar-refractivity contribution in [3.8, 4) is 11.3 Å². The molecule has 0 bridgehead atoms. The number of fused-ring (bicyclic) bond motifs is 2. The van der Waals surface area contributed by atoms with Gasteiger partial charge in [-0.2, -0.15) is 0 Å². The van der Waals surface area contributed by atoms with Gasteiger partial charge in [-0.25, -0.2) is 15.0 Å². The van der Waals surface area contributed by atoms with Crippen LogP contribution in [0.5, 0.6) is 0 Å². The van der Waals surface area contributed by atoms with Crippen molar-refractivity contribution in [2.24, 2.45) is 0 Å². The second-order valence-corrected chi connectivity index (χ2v) is 7.02. The zero-order chi connectivity index (χ0) is 18.6. The number of carbonyl (C=O) groups excluding carboxylic acids is 1. The molecule has 0 spiro atoms. The number of ether oxygens (including phenoxy) is 3. The van der Waals surface area contributed by atoms with Gasteiger partial charge >= 0.3 is 0 Å². The van der Waals surface area contributed by atoms with Crippen molar-refractivity contribution >= 4 is 17.5 Å². The average Bonchev–Trinajstić information content (AvgIpc) is 3.33. The Hall–Kier alpha value is -2.68. The number of aldehydes is 1. The van der Waals surface area contributed by atoms with Gasteiger partial charge in [-0.1, -0.05) is 18.2 Å². The molecule has 8 nitrogen and oxygen atoms in total. The first-order valence-corrected chi connectivity index (χ1v) is 8.63. The predicted molar refractivity (Wildman–Crippen MR) is 94.4 cm³/mol. The lowest BCUT2D eigenvalue weighted by atomic mass is 10.1. The van der Waals surface area contributed by atoms with Gasteiger partial charge in [0.15, 0.2) is 17.7 Å². The van der Waals surface area contributed by atoms with Crippen LogP contribution in [0, 0.1) is 6.61 Å². The summed E-state index contributed by atoms with van der Waals surface area (Å²) in [4.78, 5) is 24.4. The molecule has 3 atom stereocenters. The van der Waals surface area contributed by atoms with E-state index in [1.165, 1.54) is 6.33 Å². The lowest BCUT2D eigenvalue weighted by molar-refractivity contribution is -0.175. The summed E-state index contributed by atoms with van der Waals surface area (Å²) < 4.78 is 19.4. The van der Waals surface area contributed by atoms with Crippen molar-refractivity contribution < 1.29 is 19.0 Å². The van der Waals surface area contributed by atoms with E-state index in [2.05, 4.69) is 15.0 Å². The minimum Gasteiger partial charge on any atom is -0.346 e. The number of aromatic nitrogens is 4. The second-order valence-electron chi connectivity index (χ2n) is 7.02. The average molecular weight is 365 g/mol. The highest BCUT2D eigenvalue weighted by Gasteiger charge is 2.51. The summed E-state index contributed by atoms with van der Waals surface area (Å²) in [6.45, 7) is 5.41. The van der Waals surface area contributed by atoms with Gasteiger partial charge in [-0.05, 0) is 19.9 Å². The Balaban J connectivity index is 1.57. The van der Waals surface area contributed by atoms with E-state index in [0.717, 1.165) is 11.8 Å². The molecule has 0 aliphatic carbocycles. The fourth-order valence-corrected chi connectivity index (χ4v) is 3.61. The molecule has 1 aromatic carbocycles. The highest BCUT2D eigenvalue weighted by molar-refractivity contribution is 5.88. The molecule has 2 aliphatic rings. The van der Waals surface area contributed by atoms with Crippen molar-refractivity contribution in [3.63, 3.8) is 0 Å². The maximum Gasteiger partial charge on any atom is 0.166 e. The van der Waals surface area contributed by atoms with Crippen LogP contribution in [0.15, 0.2) is 36.9 Å². The first kappa shape index (κ1) is 16.5. The molecule has 8 heteroatoms. The highest BCUT2D eigenvalue weighted by Crippen LogP contribution is 2.42. The van der Waals surface area contributed by atoms with Crippen LogP contribution in [0.1, 0.15) is 30.4 Å². The first-order chi connectivity index (χ1) is 13.1. The number of carbonyl (C=O) groups is 1. The van der Waals surface area contributed by atoms with Crippen molar-refractivity contribution in [2.45, 2.75) is 38.1 Å². The van der Waals surface area contributed by atoms with Crippen molar-refractivity contribution in [1.82, 2.24) is 19.5 Å². The number of imidazole rings is 1. The molecule has 2 aliphatic heterocycles. The number of hydrogen-bond acceptors (Lipinski definition) is 7. The van der Waals surface area contributed by atoms with Crippen LogP contribution in [-0.2, 0) is 14.2 Å². The third-order valence-corrected chi connectivity index (χ3v) is 4.73. The van der Waals surface area contributed by atoms with Gasteiger partial charge in [0.25, 0.3) is 0 Å². The normalized spacial score (nSPS) is 26.4. The van der Waals surface area contributed by atoms with Crippen molar-refractivity contribution in [2.75, 3.05) is 0 Å². The standard InChI is InChI=1S/C19H17N4O4/c1-19(2)26-13-8-25-18(16(13)27-19)23-10-22-15-14(20-9-21-17(15)23)12-5-3-4-11(6-12)7-24/h3-10,13,16,18H,1-2H3/t13-,16-,18-/m1/s1. The monoisotopic (exact) mass is 365 g/mol. The number of hydrogen-bond donors (Lipinski definition) is 0. The van der Waals surface area contributed by atoms with Crippen LogP contribution in [-0.4, -0.2) is 43.8 Å². The van der Waals surface area contributed by atoms with Gasteiger partial charge in [0.1, 0.15) is 42.6 Å². The summed E-state index contributed by atoms with van der Waals surface area (Å²) in [6, 6.07) is 7.23. The summed E-state index contributed by atoms with van der Waals surface area (Å²) in [5, 5.41) is 0. The third-order valence-electron chi connectivity index (χ3n) is 4.73. The van der Waals surface area contributed by atoms with Crippen LogP contribution < -0.4 is 0 Å². The maximum atomic E-state index is 11.1. The fourth-order valence-electron chi connectivity index (χ4n) is 3.61. The Morgan fingerprint density at radius 3 is 2.93 bits per heavy atom. The molecule has 2 saturated heterocycles. The minimum absolute atomic E-state index is 0.243. The Kier molecular flexibility index (Phi) is 3.61. The van der Waals surface area contributed by atoms with Crippen LogP contribution in [0.3, 0.4) is 0 Å². The van der Waals surface area contributed by atoms with E-state index in [4.69, 9.17) is 14.2 Å². The van der Waals surface area contributed by atoms with E-state index in [-0.39, 0.29) is 12.2 Å². The lowest BCUT2D eigenvalue weighted by Gasteiger charge is -2.22. The summed E-state index contributed by atoms with van der Waals surface area (Å²) >= 11 is 0. The highest BCUT2D eigenvalue weighted by atomic mass is 16.8. The molecule has 1 radical (unpaired) electrons. The molecule has 5 rings (SSSR count). The van der Waals surface area contributed by atoms with E-state index < -0.39 is 12.0 Å². The van der Waals surface area contributed by atoms with Crippen LogP contribution in [0.4, 0.5) is 0 Å².